The van der Waals surface area contributed by atoms with Gasteiger partial charge in [-0.25, -0.2) is 4.79 Å². The Labute approximate surface area is 102 Å². The Morgan fingerprint density at radius 2 is 1.94 bits per heavy atom. The summed E-state index contributed by atoms with van der Waals surface area (Å²) < 4.78 is 10.4. The van der Waals surface area contributed by atoms with Crippen molar-refractivity contribution in [2.45, 2.75) is 5.92 Å². The van der Waals surface area contributed by atoms with Crippen LogP contribution in [0.15, 0.2) is 34.9 Å². The third-order valence-corrected chi connectivity index (χ3v) is 3.57. The summed E-state index contributed by atoms with van der Waals surface area (Å²) in [5.41, 5.74) is 2.61. The molecule has 0 bridgehead atoms. The van der Waals surface area contributed by atoms with Crippen molar-refractivity contribution < 1.29 is 18.7 Å². The molecule has 1 aliphatic heterocycles. The lowest BCUT2D eigenvalue weighted by Gasteiger charge is -2.27. The molecule has 0 saturated heterocycles. The minimum Gasteiger partial charge on any atom is -0.461 e. The number of carbonyl (C=O) groups is 2. The van der Waals surface area contributed by atoms with Crippen LogP contribution in [-0.4, -0.2) is 18.4 Å². The number of hydrogen-bond donors (Lipinski definition) is 0. The number of esters is 1. The van der Waals surface area contributed by atoms with Crippen molar-refractivity contribution in [2.24, 2.45) is 0 Å². The van der Waals surface area contributed by atoms with Crippen LogP contribution in [-0.2, 0) is 4.74 Å². The molecule has 0 radical (unpaired) electrons. The second-order valence-electron chi connectivity index (χ2n) is 4.46. The monoisotopic (exact) mass is 240 g/mol. The summed E-state index contributed by atoms with van der Waals surface area (Å²) in [6.45, 7) is 0.267. The van der Waals surface area contributed by atoms with E-state index in [9.17, 15) is 9.59 Å². The summed E-state index contributed by atoms with van der Waals surface area (Å²) in [6, 6.07) is 7.38. The summed E-state index contributed by atoms with van der Waals surface area (Å²) in [6.07, 6.45) is 1.32. The van der Waals surface area contributed by atoms with Gasteiger partial charge in [0.2, 0.25) is 5.78 Å². The molecule has 1 unspecified atom stereocenters. The smallest absolute Gasteiger partial charge is 0.341 e. The van der Waals surface area contributed by atoms with Crippen LogP contribution < -0.4 is 0 Å². The SMILES string of the molecule is O=C1OCC2c3ccccc3C(=O)c3occ1c32. The fourth-order valence-electron chi connectivity index (χ4n) is 2.74. The van der Waals surface area contributed by atoms with E-state index in [0.717, 1.165) is 5.56 Å². The topological polar surface area (TPSA) is 56.5 Å². The van der Waals surface area contributed by atoms with E-state index in [-0.39, 0.29) is 24.1 Å². The van der Waals surface area contributed by atoms with Crippen LogP contribution in [0.3, 0.4) is 0 Å². The zero-order valence-corrected chi connectivity index (χ0v) is 9.30. The molecule has 4 heteroatoms. The molecule has 4 nitrogen and oxygen atoms in total. The molecule has 88 valence electrons. The van der Waals surface area contributed by atoms with Crippen molar-refractivity contribution in [3.63, 3.8) is 0 Å². The highest BCUT2D eigenvalue weighted by molar-refractivity contribution is 6.13. The number of cyclic esters (lactones) is 1. The molecule has 4 rings (SSSR count). The van der Waals surface area contributed by atoms with E-state index in [0.29, 0.717) is 16.7 Å². The third kappa shape index (κ3) is 1.00. The van der Waals surface area contributed by atoms with Gasteiger partial charge in [-0.15, -0.1) is 0 Å². The quantitative estimate of drug-likeness (QED) is 0.662. The number of hydrogen-bond acceptors (Lipinski definition) is 4. The highest BCUT2D eigenvalue weighted by Crippen LogP contribution is 2.41. The number of ether oxygens (including phenoxy) is 1. The van der Waals surface area contributed by atoms with Gasteiger partial charge in [-0.3, -0.25) is 4.79 Å². The van der Waals surface area contributed by atoms with Crippen LogP contribution in [0.25, 0.3) is 0 Å². The first-order chi connectivity index (χ1) is 8.77. The molecule has 1 atom stereocenters. The van der Waals surface area contributed by atoms with Crippen molar-refractivity contribution in [3.05, 3.63) is 58.5 Å². The molecule has 1 aromatic carbocycles. The Bertz CT molecular complexity index is 696. The number of furan rings is 1. The molecular weight excluding hydrogens is 232 g/mol. The van der Waals surface area contributed by atoms with Gasteiger partial charge in [-0.2, -0.15) is 0 Å². The van der Waals surface area contributed by atoms with Gasteiger partial charge in [0, 0.05) is 17.0 Å². The second-order valence-corrected chi connectivity index (χ2v) is 4.46. The molecule has 0 N–H and O–H groups in total. The number of benzene rings is 1. The Morgan fingerprint density at radius 3 is 2.83 bits per heavy atom. The first-order valence-electron chi connectivity index (χ1n) is 5.69. The number of ketones is 1. The molecule has 0 fully saturated rings. The van der Waals surface area contributed by atoms with Crippen molar-refractivity contribution in [1.82, 2.24) is 0 Å². The summed E-state index contributed by atoms with van der Waals surface area (Å²) in [7, 11) is 0. The Balaban J connectivity index is 2.06. The molecular formula is C14H8O4. The molecule has 2 heterocycles. The van der Waals surface area contributed by atoms with E-state index in [4.69, 9.17) is 9.15 Å². The van der Waals surface area contributed by atoms with E-state index in [1.54, 1.807) is 6.07 Å². The lowest BCUT2D eigenvalue weighted by Crippen LogP contribution is -2.28. The van der Waals surface area contributed by atoms with Gasteiger partial charge in [-0.1, -0.05) is 24.3 Å². The molecule has 0 saturated carbocycles. The molecule has 1 aromatic heterocycles. The van der Waals surface area contributed by atoms with Crippen LogP contribution in [0, 0.1) is 0 Å². The fraction of sp³-hybridized carbons (Fsp3) is 0.143. The maximum atomic E-state index is 12.3. The van der Waals surface area contributed by atoms with Crippen LogP contribution >= 0.6 is 0 Å². The van der Waals surface area contributed by atoms with Gasteiger partial charge >= 0.3 is 5.97 Å². The predicted molar refractivity (Wildman–Crippen MR) is 60.7 cm³/mol. The van der Waals surface area contributed by atoms with Gasteiger partial charge in [0.15, 0.2) is 5.76 Å². The average Bonchev–Trinajstić information content (AvgIpc) is 2.84. The molecule has 0 amide bonds. The highest BCUT2D eigenvalue weighted by Gasteiger charge is 2.41. The first-order valence-corrected chi connectivity index (χ1v) is 5.69. The lowest BCUT2D eigenvalue weighted by atomic mass is 9.79. The van der Waals surface area contributed by atoms with Crippen molar-refractivity contribution in [3.8, 4) is 0 Å². The van der Waals surface area contributed by atoms with Gasteiger partial charge in [0.1, 0.15) is 18.4 Å². The Kier molecular flexibility index (Phi) is 1.66. The van der Waals surface area contributed by atoms with Crippen LogP contribution in [0.1, 0.15) is 43.5 Å². The Hall–Kier alpha value is -2.36. The number of fused-ring (bicyclic) bond motifs is 2. The zero-order chi connectivity index (χ0) is 12.3. The van der Waals surface area contributed by atoms with E-state index < -0.39 is 5.97 Å². The molecule has 2 aliphatic rings. The predicted octanol–water partition coefficient (Wildman–Crippen LogP) is 2.13. The maximum Gasteiger partial charge on any atom is 0.341 e. The van der Waals surface area contributed by atoms with Crippen molar-refractivity contribution in [1.29, 1.82) is 0 Å². The third-order valence-electron chi connectivity index (χ3n) is 3.57. The van der Waals surface area contributed by atoms with Crippen LogP contribution in [0.4, 0.5) is 0 Å². The number of carbonyl (C=O) groups excluding carboxylic acids is 2. The van der Waals surface area contributed by atoms with E-state index in [1.807, 2.05) is 18.2 Å². The van der Waals surface area contributed by atoms with Crippen LogP contribution in [0.5, 0.6) is 0 Å². The molecule has 18 heavy (non-hydrogen) atoms. The van der Waals surface area contributed by atoms with Crippen molar-refractivity contribution in [2.75, 3.05) is 6.61 Å². The second kappa shape index (κ2) is 3.10. The van der Waals surface area contributed by atoms with Gasteiger partial charge in [0.25, 0.3) is 0 Å². The first kappa shape index (κ1) is 9.65. The molecule has 2 aromatic rings. The minimum atomic E-state index is -0.413. The maximum absolute atomic E-state index is 12.3. The molecule has 1 aliphatic carbocycles. The summed E-state index contributed by atoms with van der Waals surface area (Å²) in [4.78, 5) is 23.9. The largest absolute Gasteiger partial charge is 0.461 e. The van der Waals surface area contributed by atoms with E-state index >= 15 is 0 Å². The summed E-state index contributed by atoms with van der Waals surface area (Å²) >= 11 is 0. The standard InChI is InChI=1S/C14H8O4/c15-12-8-4-2-1-3-7(8)9-5-18-14(16)10-6-17-13(12)11(9)10/h1-4,6,9H,5H2. The lowest BCUT2D eigenvalue weighted by molar-refractivity contribution is 0.0458. The van der Waals surface area contributed by atoms with E-state index in [2.05, 4.69) is 0 Å². The Morgan fingerprint density at radius 1 is 1.11 bits per heavy atom. The molecule has 0 spiro atoms. The van der Waals surface area contributed by atoms with Crippen molar-refractivity contribution >= 4 is 11.8 Å². The average molecular weight is 240 g/mol. The highest BCUT2D eigenvalue weighted by atomic mass is 16.5. The normalized spacial score (nSPS) is 20.1. The van der Waals surface area contributed by atoms with E-state index in [1.165, 1.54) is 6.26 Å². The van der Waals surface area contributed by atoms with Gasteiger partial charge in [-0.05, 0) is 5.56 Å². The summed E-state index contributed by atoms with van der Waals surface area (Å²) in [5, 5.41) is 0. The summed E-state index contributed by atoms with van der Waals surface area (Å²) in [5.74, 6) is -0.369. The van der Waals surface area contributed by atoms with Gasteiger partial charge in [0.05, 0.1) is 0 Å². The minimum absolute atomic E-state index is 0.0830. The van der Waals surface area contributed by atoms with Gasteiger partial charge < -0.3 is 9.15 Å². The zero-order valence-electron chi connectivity index (χ0n) is 9.30. The number of rotatable bonds is 0. The fourth-order valence-corrected chi connectivity index (χ4v) is 2.74. The van der Waals surface area contributed by atoms with Crippen LogP contribution in [0.2, 0.25) is 0 Å².